The molecule has 0 amide bonds. The molecule has 0 saturated carbocycles. The van der Waals surface area contributed by atoms with Gasteiger partial charge in [0.15, 0.2) is 11.2 Å². The summed E-state index contributed by atoms with van der Waals surface area (Å²) in [5.74, 6) is 1.57. The second-order valence-electron chi connectivity index (χ2n) is 13.5. The molecule has 0 saturated heterocycles. The summed E-state index contributed by atoms with van der Waals surface area (Å²) in [5, 5.41) is 4.82. The molecule has 0 aliphatic heterocycles. The summed E-state index contributed by atoms with van der Waals surface area (Å²) in [4.78, 5) is 11.2. The quantitative estimate of drug-likeness (QED) is 0.173. The first-order chi connectivity index (χ1) is 26.7. The largest absolute Gasteiger partial charge is 0.454 e. The van der Waals surface area contributed by atoms with E-state index >= 15 is 0 Å². The van der Waals surface area contributed by atoms with Crippen LogP contribution >= 0.6 is 0 Å². The molecule has 6 nitrogen and oxygen atoms in total. The molecule has 11 rings (SSSR count). The number of para-hydroxylation sites is 1. The number of pyridine rings is 2. The normalized spacial score (nSPS) is 11.7. The molecule has 0 aliphatic rings. The fourth-order valence-electron chi connectivity index (χ4n) is 7.71. The van der Waals surface area contributed by atoms with Gasteiger partial charge in [0, 0.05) is 69.2 Å². The maximum Gasteiger partial charge on any atom is 0.153 e. The standard InChI is InChI=1S/C48H30N4O2/c1-2-10-35(11-3-1)52-43-23-22-38(28-40(43)39-26-33-8-4-5-9-34(33)27-44(39)52)51(36-18-14-31(15-19-36)47-29-41-45(53-47)12-6-24-49-41)37-20-16-32(17-21-37)48-30-42-46(54-48)13-7-25-50-42/h1-30H. The van der Waals surface area contributed by atoms with Gasteiger partial charge in [0.05, 0.1) is 11.0 Å². The molecule has 5 heterocycles. The average molecular weight is 695 g/mol. The maximum absolute atomic E-state index is 6.17. The van der Waals surface area contributed by atoms with Crippen LogP contribution in [0.5, 0.6) is 0 Å². The summed E-state index contributed by atoms with van der Waals surface area (Å²) < 4.78 is 14.7. The van der Waals surface area contributed by atoms with Crippen molar-refractivity contribution in [2.45, 2.75) is 0 Å². The summed E-state index contributed by atoms with van der Waals surface area (Å²) in [6.07, 6.45) is 3.57. The van der Waals surface area contributed by atoms with E-state index in [-0.39, 0.29) is 0 Å². The van der Waals surface area contributed by atoms with Crippen molar-refractivity contribution in [1.82, 2.24) is 14.5 Å². The highest BCUT2D eigenvalue weighted by Crippen LogP contribution is 2.42. The van der Waals surface area contributed by atoms with Gasteiger partial charge in [-0.15, -0.1) is 0 Å². The molecule has 0 fully saturated rings. The summed E-state index contributed by atoms with van der Waals surface area (Å²) >= 11 is 0. The Hall–Kier alpha value is -7.44. The number of furan rings is 2. The lowest BCUT2D eigenvalue weighted by atomic mass is 10.0. The molecule has 254 valence electrons. The van der Waals surface area contributed by atoms with Crippen LogP contribution in [0, 0.1) is 0 Å². The Morgan fingerprint density at radius 1 is 0.426 bits per heavy atom. The first kappa shape index (κ1) is 30.2. The van der Waals surface area contributed by atoms with Crippen LogP contribution in [-0.2, 0) is 0 Å². The average Bonchev–Trinajstić information content (AvgIpc) is 3.95. The van der Waals surface area contributed by atoms with Crippen molar-refractivity contribution in [2.24, 2.45) is 0 Å². The fraction of sp³-hybridized carbons (Fsp3) is 0. The second kappa shape index (κ2) is 12.1. The number of rotatable bonds is 6. The first-order valence-corrected chi connectivity index (χ1v) is 18.0. The Morgan fingerprint density at radius 3 is 1.56 bits per heavy atom. The van der Waals surface area contributed by atoms with Crippen LogP contribution in [-0.4, -0.2) is 14.5 Å². The van der Waals surface area contributed by atoms with Crippen LogP contribution in [0.3, 0.4) is 0 Å². The number of hydrogen-bond acceptors (Lipinski definition) is 5. The molecular formula is C48H30N4O2. The van der Waals surface area contributed by atoms with Gasteiger partial charge in [-0.1, -0.05) is 42.5 Å². The fourth-order valence-corrected chi connectivity index (χ4v) is 7.71. The zero-order valence-corrected chi connectivity index (χ0v) is 28.9. The maximum atomic E-state index is 6.17. The highest BCUT2D eigenvalue weighted by molar-refractivity contribution is 6.14. The SMILES string of the molecule is c1ccc(-n2c3ccc(N(c4ccc(-c5cc6ncccc6o5)cc4)c4ccc(-c5cc6ncccc6o5)cc4)cc3c3cc4ccccc4cc32)cc1. The number of anilines is 3. The van der Waals surface area contributed by atoms with Crippen LogP contribution in [0.1, 0.15) is 0 Å². The third kappa shape index (κ3) is 4.96. The topological polar surface area (TPSA) is 60.2 Å². The molecule has 0 spiro atoms. The van der Waals surface area contributed by atoms with Gasteiger partial charge in [-0.05, 0) is 126 Å². The number of fused-ring (bicyclic) bond motifs is 6. The van der Waals surface area contributed by atoms with Gasteiger partial charge in [0.1, 0.15) is 22.6 Å². The van der Waals surface area contributed by atoms with Crippen molar-refractivity contribution in [3.05, 3.63) is 182 Å². The third-order valence-corrected chi connectivity index (χ3v) is 10.3. The molecule has 54 heavy (non-hydrogen) atoms. The second-order valence-corrected chi connectivity index (χ2v) is 13.5. The lowest BCUT2D eigenvalue weighted by Crippen LogP contribution is -2.09. The molecule has 11 aromatic rings. The van der Waals surface area contributed by atoms with E-state index in [2.05, 4.69) is 153 Å². The van der Waals surface area contributed by atoms with Crippen LogP contribution in [0.15, 0.2) is 191 Å². The molecular weight excluding hydrogens is 665 g/mol. The molecule has 0 bridgehead atoms. The van der Waals surface area contributed by atoms with Crippen molar-refractivity contribution in [3.63, 3.8) is 0 Å². The van der Waals surface area contributed by atoms with Crippen molar-refractivity contribution >= 4 is 71.8 Å². The minimum Gasteiger partial charge on any atom is -0.454 e. The zero-order valence-electron chi connectivity index (χ0n) is 28.9. The van der Waals surface area contributed by atoms with Crippen molar-refractivity contribution in [2.75, 3.05) is 4.90 Å². The van der Waals surface area contributed by atoms with Gasteiger partial charge in [-0.25, -0.2) is 0 Å². The van der Waals surface area contributed by atoms with Gasteiger partial charge in [-0.2, -0.15) is 0 Å². The summed E-state index contributed by atoms with van der Waals surface area (Å²) in [6.45, 7) is 0. The Labute approximate surface area is 309 Å². The van der Waals surface area contributed by atoms with E-state index in [9.17, 15) is 0 Å². The van der Waals surface area contributed by atoms with Crippen LogP contribution in [0.2, 0.25) is 0 Å². The smallest absolute Gasteiger partial charge is 0.153 e. The summed E-state index contributed by atoms with van der Waals surface area (Å²) in [7, 11) is 0. The Kier molecular flexibility index (Phi) is 6.75. The van der Waals surface area contributed by atoms with E-state index in [1.807, 2.05) is 36.4 Å². The van der Waals surface area contributed by atoms with Gasteiger partial charge in [0.2, 0.25) is 0 Å². The van der Waals surface area contributed by atoms with Gasteiger partial charge < -0.3 is 18.3 Å². The van der Waals surface area contributed by atoms with E-state index in [0.29, 0.717) is 0 Å². The van der Waals surface area contributed by atoms with E-state index in [4.69, 9.17) is 8.83 Å². The first-order valence-electron chi connectivity index (χ1n) is 18.0. The van der Waals surface area contributed by atoms with E-state index in [1.54, 1.807) is 12.4 Å². The molecule has 0 unspecified atom stereocenters. The lowest BCUT2D eigenvalue weighted by molar-refractivity contribution is 0.631. The Bertz CT molecular complexity index is 2970. The minimum atomic E-state index is 0.772. The minimum absolute atomic E-state index is 0.772. The van der Waals surface area contributed by atoms with Crippen LogP contribution in [0.25, 0.3) is 83.1 Å². The van der Waals surface area contributed by atoms with Crippen LogP contribution in [0.4, 0.5) is 17.1 Å². The number of benzene rings is 6. The molecule has 0 atom stereocenters. The van der Waals surface area contributed by atoms with Crippen LogP contribution < -0.4 is 4.90 Å². The van der Waals surface area contributed by atoms with Gasteiger partial charge in [0.25, 0.3) is 0 Å². The highest BCUT2D eigenvalue weighted by atomic mass is 16.3. The number of nitrogens with zero attached hydrogens (tertiary/aromatic N) is 4. The van der Waals surface area contributed by atoms with Crippen molar-refractivity contribution < 1.29 is 8.83 Å². The molecule has 0 aliphatic carbocycles. The monoisotopic (exact) mass is 694 g/mol. The Morgan fingerprint density at radius 2 is 0.963 bits per heavy atom. The van der Waals surface area contributed by atoms with E-state index in [0.717, 1.165) is 73.1 Å². The summed E-state index contributed by atoms with van der Waals surface area (Å²) in [5.41, 5.74) is 11.7. The number of hydrogen-bond donors (Lipinski definition) is 0. The van der Waals surface area contributed by atoms with E-state index in [1.165, 1.54) is 27.1 Å². The predicted molar refractivity (Wildman–Crippen MR) is 219 cm³/mol. The molecule has 5 aromatic heterocycles. The lowest BCUT2D eigenvalue weighted by Gasteiger charge is -2.26. The van der Waals surface area contributed by atoms with Crippen molar-refractivity contribution in [1.29, 1.82) is 0 Å². The summed E-state index contributed by atoms with van der Waals surface area (Å²) in [6, 6.07) is 59.4. The molecule has 0 N–H and O–H groups in total. The third-order valence-electron chi connectivity index (χ3n) is 10.3. The van der Waals surface area contributed by atoms with Crippen molar-refractivity contribution in [3.8, 4) is 28.3 Å². The number of aromatic nitrogens is 3. The predicted octanol–water partition coefficient (Wildman–Crippen LogP) is 13.0. The van der Waals surface area contributed by atoms with Gasteiger partial charge >= 0.3 is 0 Å². The highest BCUT2D eigenvalue weighted by Gasteiger charge is 2.19. The molecule has 6 aromatic carbocycles. The van der Waals surface area contributed by atoms with Gasteiger partial charge in [-0.3, -0.25) is 9.97 Å². The molecule has 6 heteroatoms. The molecule has 0 radical (unpaired) electrons. The Balaban J connectivity index is 1.08. The van der Waals surface area contributed by atoms with E-state index < -0.39 is 0 Å². The zero-order chi connectivity index (χ0) is 35.6.